The molecule has 0 spiro atoms. The Labute approximate surface area is 120 Å². The van der Waals surface area contributed by atoms with E-state index in [9.17, 15) is 14.9 Å². The van der Waals surface area contributed by atoms with Crippen LogP contribution < -0.4 is 5.32 Å². The molecule has 0 aliphatic carbocycles. The van der Waals surface area contributed by atoms with Crippen LogP contribution in [-0.2, 0) is 11.3 Å². The van der Waals surface area contributed by atoms with Crippen molar-refractivity contribution >= 4 is 27.5 Å². The van der Waals surface area contributed by atoms with E-state index in [2.05, 4.69) is 21.2 Å². The Morgan fingerprint density at radius 3 is 2.74 bits per heavy atom. The summed E-state index contributed by atoms with van der Waals surface area (Å²) in [7, 11) is 1.58. The Kier molecular flexibility index (Phi) is 5.91. The van der Waals surface area contributed by atoms with E-state index in [0.29, 0.717) is 17.6 Å². The number of halogens is 1. The average Bonchev–Trinajstić information content (AvgIpc) is 2.39. The summed E-state index contributed by atoms with van der Waals surface area (Å²) < 4.78 is 0.468. The van der Waals surface area contributed by atoms with E-state index in [-0.39, 0.29) is 18.1 Å². The summed E-state index contributed by atoms with van der Waals surface area (Å²) in [4.78, 5) is 23.7. The van der Waals surface area contributed by atoms with Crippen molar-refractivity contribution in [3.05, 3.63) is 38.3 Å². The lowest BCUT2D eigenvalue weighted by Gasteiger charge is -2.20. The smallest absolute Gasteiger partial charge is 0.283 e. The molecule has 1 aromatic rings. The maximum absolute atomic E-state index is 11.4. The van der Waals surface area contributed by atoms with E-state index >= 15 is 0 Å². The zero-order chi connectivity index (χ0) is 14.4. The SMILES string of the molecule is CCN(CC(=O)NC)Cc1cccc([N+](=O)[O-])c1Br. The molecule has 0 radical (unpaired) electrons. The van der Waals surface area contributed by atoms with Gasteiger partial charge in [-0.2, -0.15) is 0 Å². The molecule has 0 atom stereocenters. The summed E-state index contributed by atoms with van der Waals surface area (Å²) in [5.41, 5.74) is 0.827. The number of hydrogen-bond donors (Lipinski definition) is 1. The van der Waals surface area contributed by atoms with Gasteiger partial charge in [0.1, 0.15) is 0 Å². The third-order valence-electron chi connectivity index (χ3n) is 2.74. The molecule has 1 aromatic carbocycles. The number of nitrogens with zero attached hydrogens (tertiary/aromatic N) is 2. The number of carbonyl (C=O) groups excluding carboxylic acids is 1. The second-order valence-corrected chi connectivity index (χ2v) is 4.78. The van der Waals surface area contributed by atoms with Crippen molar-refractivity contribution in [1.82, 2.24) is 10.2 Å². The summed E-state index contributed by atoms with van der Waals surface area (Å²) in [6.07, 6.45) is 0. The minimum Gasteiger partial charge on any atom is -0.358 e. The van der Waals surface area contributed by atoms with E-state index in [4.69, 9.17) is 0 Å². The molecule has 0 heterocycles. The number of nitro benzene ring substituents is 1. The predicted octanol–water partition coefficient (Wildman–Crippen LogP) is 1.93. The minimum atomic E-state index is -0.428. The molecule has 0 saturated heterocycles. The molecule has 1 rings (SSSR count). The van der Waals surface area contributed by atoms with Crippen molar-refractivity contribution < 1.29 is 9.72 Å². The highest BCUT2D eigenvalue weighted by Crippen LogP contribution is 2.28. The number of rotatable bonds is 6. The first-order chi connectivity index (χ1) is 8.99. The van der Waals surface area contributed by atoms with Crippen LogP contribution in [0.3, 0.4) is 0 Å². The van der Waals surface area contributed by atoms with Crippen molar-refractivity contribution in [2.75, 3.05) is 20.1 Å². The zero-order valence-corrected chi connectivity index (χ0v) is 12.4. The molecule has 0 saturated carbocycles. The second-order valence-electron chi connectivity index (χ2n) is 3.98. The van der Waals surface area contributed by atoms with Crippen molar-refractivity contribution in [2.45, 2.75) is 13.5 Å². The van der Waals surface area contributed by atoms with Gasteiger partial charge in [0.2, 0.25) is 5.91 Å². The lowest BCUT2D eigenvalue weighted by molar-refractivity contribution is -0.385. The summed E-state index contributed by atoms with van der Waals surface area (Å²) >= 11 is 3.25. The van der Waals surface area contributed by atoms with Gasteiger partial charge in [-0.15, -0.1) is 0 Å². The minimum absolute atomic E-state index is 0.0356. The van der Waals surface area contributed by atoms with E-state index in [1.165, 1.54) is 6.07 Å². The molecular weight excluding hydrogens is 314 g/mol. The van der Waals surface area contributed by atoms with Gasteiger partial charge >= 0.3 is 0 Å². The van der Waals surface area contributed by atoms with Gasteiger partial charge in [-0.3, -0.25) is 19.8 Å². The van der Waals surface area contributed by atoms with Gasteiger partial charge in [0, 0.05) is 19.7 Å². The fourth-order valence-electron chi connectivity index (χ4n) is 1.63. The highest BCUT2D eigenvalue weighted by molar-refractivity contribution is 9.10. The second kappa shape index (κ2) is 7.20. The molecular formula is C12H16BrN3O3. The normalized spacial score (nSPS) is 10.5. The largest absolute Gasteiger partial charge is 0.358 e. The quantitative estimate of drug-likeness (QED) is 0.639. The van der Waals surface area contributed by atoms with Crippen LogP contribution in [-0.4, -0.2) is 35.9 Å². The standard InChI is InChI=1S/C12H16BrN3O3/c1-3-15(8-11(17)14-2)7-9-5-4-6-10(12(9)13)16(18)19/h4-6H,3,7-8H2,1-2H3,(H,14,17). The van der Waals surface area contributed by atoms with Crippen LogP contribution in [0.4, 0.5) is 5.69 Å². The van der Waals surface area contributed by atoms with E-state index in [0.717, 1.165) is 5.56 Å². The molecule has 19 heavy (non-hydrogen) atoms. The Balaban J connectivity index is 2.88. The lowest BCUT2D eigenvalue weighted by atomic mass is 10.2. The molecule has 1 amide bonds. The highest BCUT2D eigenvalue weighted by atomic mass is 79.9. The highest BCUT2D eigenvalue weighted by Gasteiger charge is 2.17. The van der Waals surface area contributed by atoms with Crippen LogP contribution in [0.2, 0.25) is 0 Å². The van der Waals surface area contributed by atoms with Crippen LogP contribution in [0.15, 0.2) is 22.7 Å². The van der Waals surface area contributed by atoms with Crippen LogP contribution in [0.5, 0.6) is 0 Å². The Bertz CT molecular complexity index is 479. The molecule has 0 aliphatic rings. The van der Waals surface area contributed by atoms with Gasteiger partial charge in [0.15, 0.2) is 0 Å². The van der Waals surface area contributed by atoms with Crippen LogP contribution in [0.25, 0.3) is 0 Å². The molecule has 0 bridgehead atoms. The van der Waals surface area contributed by atoms with Crippen molar-refractivity contribution in [1.29, 1.82) is 0 Å². The van der Waals surface area contributed by atoms with Crippen LogP contribution >= 0.6 is 15.9 Å². The van der Waals surface area contributed by atoms with Gasteiger partial charge in [-0.25, -0.2) is 0 Å². The maximum atomic E-state index is 11.4. The van der Waals surface area contributed by atoms with E-state index in [1.54, 1.807) is 13.1 Å². The third kappa shape index (κ3) is 4.29. The molecule has 104 valence electrons. The van der Waals surface area contributed by atoms with E-state index in [1.807, 2.05) is 17.9 Å². The predicted molar refractivity (Wildman–Crippen MR) is 75.8 cm³/mol. The molecule has 6 nitrogen and oxygen atoms in total. The fourth-order valence-corrected chi connectivity index (χ4v) is 2.17. The molecule has 0 aliphatic heterocycles. The number of hydrogen-bond acceptors (Lipinski definition) is 4. The summed E-state index contributed by atoms with van der Waals surface area (Å²) in [6.45, 7) is 3.37. The number of nitrogens with one attached hydrogen (secondary N) is 1. The first-order valence-electron chi connectivity index (χ1n) is 5.84. The number of likely N-dealkylation sites (N-methyl/N-ethyl adjacent to an activating group) is 2. The Morgan fingerprint density at radius 2 is 2.21 bits per heavy atom. The van der Waals surface area contributed by atoms with Gasteiger partial charge < -0.3 is 5.32 Å². The van der Waals surface area contributed by atoms with Gasteiger partial charge in [0.25, 0.3) is 5.69 Å². The molecule has 0 aromatic heterocycles. The topological polar surface area (TPSA) is 75.5 Å². The van der Waals surface area contributed by atoms with Crippen LogP contribution in [0, 0.1) is 10.1 Å². The van der Waals surface area contributed by atoms with E-state index < -0.39 is 4.92 Å². The van der Waals surface area contributed by atoms with Gasteiger partial charge in [-0.1, -0.05) is 19.1 Å². The maximum Gasteiger partial charge on any atom is 0.283 e. The first-order valence-corrected chi connectivity index (χ1v) is 6.63. The first kappa shape index (κ1) is 15.6. The summed E-state index contributed by atoms with van der Waals surface area (Å²) in [6, 6.07) is 4.90. The molecule has 0 fully saturated rings. The van der Waals surface area contributed by atoms with Crippen molar-refractivity contribution in [2.24, 2.45) is 0 Å². The molecule has 7 heteroatoms. The summed E-state index contributed by atoms with van der Waals surface area (Å²) in [5.74, 6) is -0.0802. The number of carbonyl (C=O) groups is 1. The number of benzene rings is 1. The number of nitro groups is 1. The van der Waals surface area contributed by atoms with Gasteiger partial charge in [0.05, 0.1) is 15.9 Å². The Hall–Kier alpha value is -1.47. The van der Waals surface area contributed by atoms with Crippen LogP contribution in [0.1, 0.15) is 12.5 Å². The van der Waals surface area contributed by atoms with Gasteiger partial charge in [-0.05, 0) is 28.0 Å². The zero-order valence-electron chi connectivity index (χ0n) is 10.9. The lowest BCUT2D eigenvalue weighted by Crippen LogP contribution is -2.35. The van der Waals surface area contributed by atoms with Crippen molar-refractivity contribution in [3.63, 3.8) is 0 Å². The average molecular weight is 330 g/mol. The molecule has 1 N–H and O–H groups in total. The summed E-state index contributed by atoms with van der Waals surface area (Å²) in [5, 5.41) is 13.4. The Morgan fingerprint density at radius 1 is 1.53 bits per heavy atom. The third-order valence-corrected chi connectivity index (χ3v) is 3.66. The van der Waals surface area contributed by atoms with Crippen molar-refractivity contribution in [3.8, 4) is 0 Å². The molecule has 0 unspecified atom stereocenters. The fraction of sp³-hybridized carbons (Fsp3) is 0.417. The monoisotopic (exact) mass is 329 g/mol. The number of amides is 1.